The maximum Gasteiger partial charge on any atom is 0.193 e. The Balaban J connectivity index is 2.27. The van der Waals surface area contributed by atoms with Crippen molar-refractivity contribution in [3.05, 3.63) is 35.4 Å². The minimum atomic E-state index is 0.409. The van der Waals surface area contributed by atoms with Crippen LogP contribution >= 0.6 is 0 Å². The van der Waals surface area contributed by atoms with E-state index in [-0.39, 0.29) is 0 Å². The number of hydrogen-bond donors (Lipinski definition) is 0. The molecule has 3 rings (SSSR count). The molecule has 0 N–H and O–H groups in total. The average Bonchev–Trinajstić information content (AvgIpc) is 2.65. The average molecular weight is 242 g/mol. The highest BCUT2D eigenvalue weighted by molar-refractivity contribution is 5.93. The lowest BCUT2D eigenvalue weighted by Crippen LogP contribution is -1.91. The van der Waals surface area contributed by atoms with Gasteiger partial charge in [0.15, 0.2) is 11.5 Å². The predicted octanol–water partition coefficient (Wildman–Crippen LogP) is 4.77. The Kier molecular flexibility index (Phi) is 2.47. The Morgan fingerprint density at radius 2 is 1.67 bits per heavy atom. The van der Waals surface area contributed by atoms with Gasteiger partial charge in [-0.15, -0.1) is 0 Å². The van der Waals surface area contributed by atoms with E-state index < -0.39 is 0 Å². The first kappa shape index (κ1) is 11.4. The van der Waals surface area contributed by atoms with E-state index in [0.717, 1.165) is 16.9 Å². The molecule has 1 aliphatic rings. The minimum absolute atomic E-state index is 0.409. The highest BCUT2D eigenvalue weighted by atomic mass is 17.2. The van der Waals surface area contributed by atoms with Crippen LogP contribution in [0.15, 0.2) is 24.3 Å². The molecule has 2 bridgehead atoms. The summed E-state index contributed by atoms with van der Waals surface area (Å²) in [6, 6.07) is 8.64. The van der Waals surface area contributed by atoms with E-state index in [9.17, 15) is 0 Å². The Morgan fingerprint density at radius 3 is 2.33 bits per heavy atom. The van der Waals surface area contributed by atoms with E-state index in [1.165, 1.54) is 16.5 Å². The van der Waals surface area contributed by atoms with Crippen LogP contribution in [0.25, 0.3) is 10.8 Å². The van der Waals surface area contributed by atoms with Crippen LogP contribution < -0.4 is 9.78 Å². The van der Waals surface area contributed by atoms with Gasteiger partial charge in [-0.25, -0.2) is 0 Å². The van der Waals surface area contributed by atoms with E-state index >= 15 is 0 Å². The smallest absolute Gasteiger partial charge is 0.193 e. The molecule has 0 fully saturated rings. The van der Waals surface area contributed by atoms with Crippen molar-refractivity contribution in [1.29, 1.82) is 0 Å². The van der Waals surface area contributed by atoms with E-state index in [4.69, 9.17) is 9.78 Å². The third kappa shape index (κ3) is 1.56. The quantitative estimate of drug-likeness (QED) is 0.706. The molecular formula is C16H18O2. The number of rotatable bonds is 2. The Morgan fingerprint density at radius 1 is 0.889 bits per heavy atom. The van der Waals surface area contributed by atoms with Gasteiger partial charge in [-0.3, -0.25) is 9.78 Å². The summed E-state index contributed by atoms with van der Waals surface area (Å²) >= 11 is 0. The zero-order valence-electron chi connectivity index (χ0n) is 11.3. The fraction of sp³-hybridized carbons (Fsp3) is 0.375. The molecule has 0 aliphatic carbocycles. The molecule has 1 aliphatic heterocycles. The molecule has 0 radical (unpaired) electrons. The van der Waals surface area contributed by atoms with Crippen LogP contribution in [-0.4, -0.2) is 0 Å². The molecule has 1 heterocycles. The zero-order valence-corrected chi connectivity index (χ0v) is 11.3. The van der Waals surface area contributed by atoms with Gasteiger partial charge in [0.1, 0.15) is 0 Å². The van der Waals surface area contributed by atoms with Crippen LogP contribution in [0.4, 0.5) is 0 Å². The highest BCUT2D eigenvalue weighted by Gasteiger charge is 2.26. The molecule has 0 spiro atoms. The van der Waals surface area contributed by atoms with Crippen LogP contribution in [-0.2, 0) is 0 Å². The van der Waals surface area contributed by atoms with Gasteiger partial charge in [-0.05, 0) is 28.9 Å². The molecule has 2 nitrogen and oxygen atoms in total. The minimum Gasteiger partial charge on any atom is -0.289 e. The Hall–Kier alpha value is -1.70. The van der Waals surface area contributed by atoms with Crippen LogP contribution in [0.1, 0.15) is 50.7 Å². The van der Waals surface area contributed by atoms with E-state index in [1.807, 2.05) is 0 Å². The summed E-state index contributed by atoms with van der Waals surface area (Å²) in [6.07, 6.45) is 0. The Bertz CT molecular complexity index is 612. The molecule has 0 aromatic heterocycles. The summed E-state index contributed by atoms with van der Waals surface area (Å²) in [5.74, 6) is 2.71. The standard InChI is InChI=1S/C16H18O2/c1-9(2)11-5-6-13-12(7-11)8-14-15(10(3)4)16(13)18-17-14/h5-10H,1-4H3. The summed E-state index contributed by atoms with van der Waals surface area (Å²) in [5.41, 5.74) is 2.53. The van der Waals surface area contributed by atoms with Gasteiger partial charge in [-0.2, -0.15) is 0 Å². The van der Waals surface area contributed by atoms with E-state index in [2.05, 4.69) is 52.0 Å². The molecule has 2 aromatic carbocycles. The third-order valence-corrected chi connectivity index (χ3v) is 3.58. The second-order valence-electron chi connectivity index (χ2n) is 5.57. The van der Waals surface area contributed by atoms with Crippen molar-refractivity contribution in [2.24, 2.45) is 0 Å². The molecule has 2 heteroatoms. The lowest BCUT2D eigenvalue weighted by Gasteiger charge is -2.09. The summed E-state index contributed by atoms with van der Waals surface area (Å²) in [6.45, 7) is 8.74. The molecule has 0 atom stereocenters. The molecular weight excluding hydrogens is 224 g/mol. The number of hydrogen-bond acceptors (Lipinski definition) is 2. The van der Waals surface area contributed by atoms with Gasteiger partial charge in [-0.1, -0.05) is 45.9 Å². The topological polar surface area (TPSA) is 18.5 Å². The van der Waals surface area contributed by atoms with Gasteiger partial charge < -0.3 is 0 Å². The van der Waals surface area contributed by atoms with Crippen molar-refractivity contribution in [3.8, 4) is 11.5 Å². The maximum atomic E-state index is 5.39. The van der Waals surface area contributed by atoms with Crippen LogP contribution in [0.3, 0.4) is 0 Å². The molecule has 0 amide bonds. The fourth-order valence-electron chi connectivity index (χ4n) is 2.53. The molecule has 18 heavy (non-hydrogen) atoms. The van der Waals surface area contributed by atoms with Crippen LogP contribution in [0, 0.1) is 0 Å². The van der Waals surface area contributed by atoms with Crippen molar-refractivity contribution in [2.75, 3.05) is 0 Å². The number of benzene rings is 2. The first-order valence-electron chi connectivity index (χ1n) is 6.53. The second-order valence-corrected chi connectivity index (χ2v) is 5.57. The molecule has 2 aromatic rings. The lowest BCUT2D eigenvalue weighted by atomic mass is 9.94. The summed E-state index contributed by atoms with van der Waals surface area (Å²) in [5, 5.41) is 2.34. The normalized spacial score (nSPS) is 13.2. The Labute approximate surface area is 107 Å². The van der Waals surface area contributed by atoms with Gasteiger partial charge in [0.25, 0.3) is 0 Å². The second kappa shape index (κ2) is 3.91. The number of fused-ring (bicyclic) bond motifs is 4. The lowest BCUT2D eigenvalue weighted by molar-refractivity contribution is -0.0835. The summed E-state index contributed by atoms with van der Waals surface area (Å²) in [7, 11) is 0. The van der Waals surface area contributed by atoms with Crippen molar-refractivity contribution in [2.45, 2.75) is 39.5 Å². The first-order valence-corrected chi connectivity index (χ1v) is 6.53. The summed E-state index contributed by atoms with van der Waals surface area (Å²) < 4.78 is 0. The largest absolute Gasteiger partial charge is 0.289 e. The van der Waals surface area contributed by atoms with Crippen molar-refractivity contribution >= 4 is 10.8 Å². The van der Waals surface area contributed by atoms with Crippen LogP contribution in [0.2, 0.25) is 0 Å². The van der Waals surface area contributed by atoms with Gasteiger partial charge in [0, 0.05) is 10.9 Å². The van der Waals surface area contributed by atoms with Crippen molar-refractivity contribution < 1.29 is 9.78 Å². The van der Waals surface area contributed by atoms with Crippen molar-refractivity contribution in [1.82, 2.24) is 0 Å². The monoisotopic (exact) mass is 242 g/mol. The first-order chi connectivity index (χ1) is 8.58. The fourth-order valence-corrected chi connectivity index (χ4v) is 2.53. The molecule has 0 saturated carbocycles. The molecule has 94 valence electrons. The van der Waals surface area contributed by atoms with E-state index in [1.54, 1.807) is 0 Å². The maximum absolute atomic E-state index is 5.39. The third-order valence-electron chi connectivity index (χ3n) is 3.58. The molecule has 0 saturated heterocycles. The predicted molar refractivity (Wildman–Crippen MR) is 73.4 cm³/mol. The SMILES string of the molecule is CC(C)c1ccc2c3c(C(C)C)c(cc2c1)OO3. The van der Waals surface area contributed by atoms with Crippen molar-refractivity contribution in [3.63, 3.8) is 0 Å². The van der Waals surface area contributed by atoms with Gasteiger partial charge in [0.05, 0.1) is 0 Å². The van der Waals surface area contributed by atoms with E-state index in [0.29, 0.717) is 11.8 Å². The van der Waals surface area contributed by atoms with Gasteiger partial charge in [0.2, 0.25) is 0 Å². The zero-order chi connectivity index (χ0) is 12.9. The van der Waals surface area contributed by atoms with Gasteiger partial charge >= 0.3 is 0 Å². The highest BCUT2D eigenvalue weighted by Crippen LogP contribution is 2.46. The summed E-state index contributed by atoms with van der Waals surface area (Å²) in [4.78, 5) is 10.7. The van der Waals surface area contributed by atoms with Crippen LogP contribution in [0.5, 0.6) is 11.5 Å². The molecule has 0 unspecified atom stereocenters.